The van der Waals surface area contributed by atoms with E-state index in [4.69, 9.17) is 4.74 Å². The van der Waals surface area contributed by atoms with Gasteiger partial charge in [-0.3, -0.25) is 4.79 Å². The molecule has 0 N–H and O–H groups in total. The van der Waals surface area contributed by atoms with Gasteiger partial charge in [0.15, 0.2) is 5.78 Å². The Morgan fingerprint density at radius 2 is 1.76 bits per heavy atom. The molecule has 0 saturated heterocycles. The standard InChI is InChI=1S/C15H11F3O3/c1-20-13-7-4-10(16)8-12(13)14(19)9-2-5-11(6-3-9)21-15(17)18/h2-8,15H,1H3. The van der Waals surface area contributed by atoms with Crippen molar-refractivity contribution in [1.82, 2.24) is 0 Å². The van der Waals surface area contributed by atoms with Gasteiger partial charge in [0.1, 0.15) is 17.3 Å². The van der Waals surface area contributed by atoms with Crippen molar-refractivity contribution in [3.63, 3.8) is 0 Å². The molecule has 2 rings (SSSR count). The van der Waals surface area contributed by atoms with Crippen LogP contribution in [0.3, 0.4) is 0 Å². The summed E-state index contributed by atoms with van der Waals surface area (Å²) in [6.45, 7) is -2.94. The first-order valence-electron chi connectivity index (χ1n) is 5.94. The highest BCUT2D eigenvalue weighted by atomic mass is 19.3. The minimum absolute atomic E-state index is 0.0556. The lowest BCUT2D eigenvalue weighted by atomic mass is 10.0. The van der Waals surface area contributed by atoms with Gasteiger partial charge in [-0.05, 0) is 42.5 Å². The van der Waals surface area contributed by atoms with E-state index >= 15 is 0 Å². The van der Waals surface area contributed by atoms with Gasteiger partial charge >= 0.3 is 6.61 Å². The van der Waals surface area contributed by atoms with Crippen LogP contribution in [0.25, 0.3) is 0 Å². The quantitative estimate of drug-likeness (QED) is 0.790. The third-order valence-electron chi connectivity index (χ3n) is 2.75. The zero-order chi connectivity index (χ0) is 15.4. The lowest BCUT2D eigenvalue weighted by Gasteiger charge is -2.09. The van der Waals surface area contributed by atoms with E-state index in [2.05, 4.69) is 4.74 Å². The molecule has 0 aliphatic carbocycles. The van der Waals surface area contributed by atoms with E-state index in [-0.39, 0.29) is 22.6 Å². The molecule has 0 aliphatic heterocycles. The average Bonchev–Trinajstić information content (AvgIpc) is 2.46. The fraction of sp³-hybridized carbons (Fsp3) is 0.133. The van der Waals surface area contributed by atoms with Crippen molar-refractivity contribution in [3.8, 4) is 11.5 Å². The molecule has 0 bridgehead atoms. The zero-order valence-corrected chi connectivity index (χ0v) is 11.0. The Labute approximate surface area is 118 Å². The largest absolute Gasteiger partial charge is 0.496 e. The molecule has 6 heteroatoms. The van der Waals surface area contributed by atoms with Crippen molar-refractivity contribution in [2.45, 2.75) is 6.61 Å². The van der Waals surface area contributed by atoms with Gasteiger partial charge in [0.25, 0.3) is 0 Å². The van der Waals surface area contributed by atoms with Crippen LogP contribution in [0, 0.1) is 5.82 Å². The molecule has 0 amide bonds. The second kappa shape index (κ2) is 6.30. The molecule has 0 unspecified atom stereocenters. The van der Waals surface area contributed by atoms with Crippen molar-refractivity contribution in [2.24, 2.45) is 0 Å². The average molecular weight is 296 g/mol. The summed E-state index contributed by atoms with van der Waals surface area (Å²) < 4.78 is 46.5. The van der Waals surface area contributed by atoms with Crippen LogP contribution in [0.5, 0.6) is 11.5 Å². The molecule has 0 saturated carbocycles. The Balaban J connectivity index is 2.30. The maximum Gasteiger partial charge on any atom is 0.387 e. The topological polar surface area (TPSA) is 35.5 Å². The van der Waals surface area contributed by atoms with E-state index in [9.17, 15) is 18.0 Å². The molecule has 0 atom stereocenters. The number of carbonyl (C=O) groups is 1. The SMILES string of the molecule is COc1ccc(F)cc1C(=O)c1ccc(OC(F)F)cc1. The van der Waals surface area contributed by atoms with Crippen LogP contribution >= 0.6 is 0 Å². The lowest BCUT2D eigenvalue weighted by Crippen LogP contribution is -2.05. The van der Waals surface area contributed by atoms with Crippen LogP contribution in [-0.2, 0) is 0 Å². The molecule has 0 spiro atoms. The van der Waals surface area contributed by atoms with Crippen LogP contribution in [0.1, 0.15) is 15.9 Å². The van der Waals surface area contributed by atoms with Crippen LogP contribution < -0.4 is 9.47 Å². The van der Waals surface area contributed by atoms with E-state index in [1.165, 1.54) is 43.5 Å². The minimum atomic E-state index is -2.94. The van der Waals surface area contributed by atoms with Crippen LogP contribution in [-0.4, -0.2) is 19.5 Å². The van der Waals surface area contributed by atoms with E-state index in [1.807, 2.05) is 0 Å². The third-order valence-corrected chi connectivity index (χ3v) is 2.75. The number of halogens is 3. The number of methoxy groups -OCH3 is 1. The molecular weight excluding hydrogens is 285 g/mol. The molecule has 0 heterocycles. The highest BCUT2D eigenvalue weighted by Gasteiger charge is 2.16. The maximum absolute atomic E-state index is 13.3. The van der Waals surface area contributed by atoms with Gasteiger partial charge < -0.3 is 9.47 Å². The number of hydrogen-bond acceptors (Lipinski definition) is 3. The van der Waals surface area contributed by atoms with Gasteiger partial charge in [0.2, 0.25) is 0 Å². The summed E-state index contributed by atoms with van der Waals surface area (Å²) in [6.07, 6.45) is 0. The van der Waals surface area contributed by atoms with Crippen molar-refractivity contribution in [2.75, 3.05) is 7.11 Å². The van der Waals surface area contributed by atoms with Gasteiger partial charge in [-0.1, -0.05) is 0 Å². The van der Waals surface area contributed by atoms with Crippen LogP contribution in [0.15, 0.2) is 42.5 Å². The van der Waals surface area contributed by atoms with Crippen LogP contribution in [0.4, 0.5) is 13.2 Å². The van der Waals surface area contributed by atoms with E-state index < -0.39 is 18.2 Å². The molecule has 0 fully saturated rings. The zero-order valence-electron chi connectivity index (χ0n) is 11.0. The Morgan fingerprint density at radius 3 is 2.33 bits per heavy atom. The van der Waals surface area contributed by atoms with Gasteiger partial charge in [0.05, 0.1) is 12.7 Å². The first-order valence-corrected chi connectivity index (χ1v) is 5.94. The summed E-state index contributed by atoms with van der Waals surface area (Å²) in [7, 11) is 1.36. The van der Waals surface area contributed by atoms with Gasteiger partial charge in [0, 0.05) is 5.56 Å². The smallest absolute Gasteiger partial charge is 0.387 e. The van der Waals surface area contributed by atoms with Crippen LogP contribution in [0.2, 0.25) is 0 Å². The normalized spacial score (nSPS) is 10.5. The molecule has 0 aliphatic rings. The van der Waals surface area contributed by atoms with Crippen molar-refractivity contribution >= 4 is 5.78 Å². The molecule has 3 nitrogen and oxygen atoms in total. The summed E-state index contributed by atoms with van der Waals surface area (Å²) in [6, 6.07) is 8.71. The Kier molecular flexibility index (Phi) is 4.47. The fourth-order valence-corrected chi connectivity index (χ4v) is 1.80. The van der Waals surface area contributed by atoms with E-state index in [0.29, 0.717) is 0 Å². The number of hydrogen-bond donors (Lipinski definition) is 0. The van der Waals surface area contributed by atoms with Crippen molar-refractivity contribution in [3.05, 3.63) is 59.4 Å². The molecule has 2 aromatic carbocycles. The van der Waals surface area contributed by atoms with E-state index in [1.54, 1.807) is 0 Å². The summed E-state index contributed by atoms with van der Waals surface area (Å²) in [5.41, 5.74) is 0.264. The predicted molar refractivity (Wildman–Crippen MR) is 69.5 cm³/mol. The second-order valence-corrected chi connectivity index (χ2v) is 4.08. The maximum atomic E-state index is 13.3. The second-order valence-electron chi connectivity index (χ2n) is 4.08. The predicted octanol–water partition coefficient (Wildman–Crippen LogP) is 3.67. The summed E-state index contributed by atoms with van der Waals surface area (Å²) in [5, 5.41) is 0. The summed E-state index contributed by atoms with van der Waals surface area (Å²) in [4.78, 5) is 12.3. The van der Waals surface area contributed by atoms with Crippen molar-refractivity contribution < 1.29 is 27.4 Å². The molecule has 0 radical (unpaired) electrons. The Bertz CT molecular complexity index is 639. The molecular formula is C15H11F3O3. The monoisotopic (exact) mass is 296 g/mol. The van der Waals surface area contributed by atoms with E-state index in [0.717, 1.165) is 6.07 Å². The highest BCUT2D eigenvalue weighted by molar-refractivity contribution is 6.10. The molecule has 21 heavy (non-hydrogen) atoms. The fourth-order valence-electron chi connectivity index (χ4n) is 1.80. The number of alkyl halides is 2. The van der Waals surface area contributed by atoms with Crippen molar-refractivity contribution in [1.29, 1.82) is 0 Å². The molecule has 110 valence electrons. The molecule has 0 aromatic heterocycles. The van der Waals surface area contributed by atoms with Gasteiger partial charge in [-0.15, -0.1) is 0 Å². The highest BCUT2D eigenvalue weighted by Crippen LogP contribution is 2.24. The number of ether oxygens (including phenoxy) is 2. The Morgan fingerprint density at radius 1 is 1.10 bits per heavy atom. The Hall–Kier alpha value is -2.50. The lowest BCUT2D eigenvalue weighted by molar-refractivity contribution is -0.0498. The van der Waals surface area contributed by atoms with Gasteiger partial charge in [-0.2, -0.15) is 8.78 Å². The summed E-state index contributed by atoms with van der Waals surface area (Å²) in [5.74, 6) is -0.881. The number of benzene rings is 2. The van der Waals surface area contributed by atoms with Gasteiger partial charge in [-0.25, -0.2) is 4.39 Å². The molecule has 2 aromatic rings. The first kappa shape index (κ1) is 14.9. The minimum Gasteiger partial charge on any atom is -0.496 e. The number of carbonyl (C=O) groups excluding carboxylic acids is 1. The first-order chi connectivity index (χ1) is 10.0. The number of rotatable bonds is 5. The summed E-state index contributed by atoms with van der Waals surface area (Å²) >= 11 is 0. The number of ketones is 1. The third kappa shape index (κ3) is 3.53.